The van der Waals surface area contributed by atoms with E-state index in [0.717, 1.165) is 0 Å². The molecule has 1 rings (SSSR count). The summed E-state index contributed by atoms with van der Waals surface area (Å²) in [6.07, 6.45) is -0.822. The summed E-state index contributed by atoms with van der Waals surface area (Å²) in [6.45, 7) is 0.0139. The van der Waals surface area contributed by atoms with E-state index >= 15 is 0 Å². The zero-order chi connectivity index (χ0) is 12.0. The van der Waals surface area contributed by atoms with Gasteiger partial charge in [-0.15, -0.1) is 0 Å². The van der Waals surface area contributed by atoms with Crippen LogP contribution in [0, 0.1) is 11.3 Å². The van der Waals surface area contributed by atoms with E-state index in [9.17, 15) is 9.90 Å². The molecule has 0 saturated heterocycles. The highest BCUT2D eigenvalue weighted by molar-refractivity contribution is 5.87. The van der Waals surface area contributed by atoms with Crippen molar-refractivity contribution in [3.63, 3.8) is 0 Å². The van der Waals surface area contributed by atoms with Gasteiger partial charge in [0.15, 0.2) is 0 Å². The van der Waals surface area contributed by atoms with Gasteiger partial charge in [-0.05, 0) is 24.3 Å². The van der Waals surface area contributed by atoms with Crippen LogP contribution in [0.2, 0.25) is 0 Å². The second-order valence-corrected chi connectivity index (χ2v) is 3.16. The SMILES string of the molecule is N#CC[C@@H](O)COc1ccc(C(=O)O)cc1. The van der Waals surface area contributed by atoms with Crippen LogP contribution >= 0.6 is 0 Å². The van der Waals surface area contributed by atoms with Gasteiger partial charge in [-0.3, -0.25) is 0 Å². The lowest BCUT2D eigenvalue weighted by Gasteiger charge is -2.09. The molecule has 0 aliphatic carbocycles. The molecule has 0 aliphatic rings. The third-order valence-corrected chi connectivity index (χ3v) is 1.87. The fourth-order valence-corrected chi connectivity index (χ4v) is 1.05. The molecule has 0 amide bonds. The molecule has 1 aromatic rings. The van der Waals surface area contributed by atoms with Crippen molar-refractivity contribution in [2.75, 3.05) is 6.61 Å². The number of carboxylic acids is 1. The van der Waals surface area contributed by atoms with E-state index < -0.39 is 12.1 Å². The summed E-state index contributed by atoms with van der Waals surface area (Å²) in [5.41, 5.74) is 0.171. The van der Waals surface area contributed by atoms with Crippen LogP contribution in [0.25, 0.3) is 0 Å². The van der Waals surface area contributed by atoms with E-state index in [-0.39, 0.29) is 18.6 Å². The normalized spacial score (nSPS) is 11.5. The number of hydrogen-bond acceptors (Lipinski definition) is 4. The summed E-state index contributed by atoms with van der Waals surface area (Å²) in [6, 6.07) is 7.65. The molecule has 16 heavy (non-hydrogen) atoms. The summed E-state index contributed by atoms with van der Waals surface area (Å²) >= 11 is 0. The number of carboxylic acid groups (broad SMARTS) is 1. The molecule has 0 heterocycles. The number of nitriles is 1. The molecule has 0 bridgehead atoms. The lowest BCUT2D eigenvalue weighted by molar-refractivity contribution is 0.0696. The number of hydrogen-bond donors (Lipinski definition) is 2. The van der Waals surface area contributed by atoms with E-state index in [4.69, 9.17) is 15.1 Å². The average molecular weight is 221 g/mol. The molecule has 2 N–H and O–H groups in total. The number of aromatic carboxylic acids is 1. The summed E-state index contributed by atoms with van der Waals surface area (Å²) in [5.74, 6) is -0.543. The summed E-state index contributed by atoms with van der Waals surface area (Å²) in [7, 11) is 0. The van der Waals surface area contributed by atoms with Crippen molar-refractivity contribution in [1.82, 2.24) is 0 Å². The van der Waals surface area contributed by atoms with Crippen LogP contribution in [0.15, 0.2) is 24.3 Å². The van der Waals surface area contributed by atoms with Gasteiger partial charge >= 0.3 is 5.97 Å². The first-order valence-corrected chi connectivity index (χ1v) is 4.64. The third kappa shape index (κ3) is 3.59. The molecule has 5 nitrogen and oxygen atoms in total. The molecule has 0 aliphatic heterocycles. The van der Waals surface area contributed by atoms with Gasteiger partial charge in [0.25, 0.3) is 0 Å². The van der Waals surface area contributed by atoms with Gasteiger partial charge in [-0.1, -0.05) is 0 Å². The van der Waals surface area contributed by atoms with Crippen molar-refractivity contribution in [3.05, 3.63) is 29.8 Å². The van der Waals surface area contributed by atoms with Gasteiger partial charge in [0.05, 0.1) is 18.1 Å². The van der Waals surface area contributed by atoms with Crippen LogP contribution in [0.4, 0.5) is 0 Å². The number of carbonyl (C=O) groups is 1. The Morgan fingerprint density at radius 2 is 2.06 bits per heavy atom. The Morgan fingerprint density at radius 3 is 2.56 bits per heavy atom. The first-order valence-electron chi connectivity index (χ1n) is 4.64. The molecule has 1 atom stereocenters. The van der Waals surface area contributed by atoms with Crippen LogP contribution in [-0.2, 0) is 0 Å². The van der Waals surface area contributed by atoms with E-state index in [1.54, 1.807) is 0 Å². The molecule has 1 aromatic carbocycles. The molecule has 0 aromatic heterocycles. The lowest BCUT2D eigenvalue weighted by atomic mass is 10.2. The first kappa shape index (κ1) is 12.0. The van der Waals surface area contributed by atoms with Crippen molar-refractivity contribution in [1.29, 1.82) is 5.26 Å². The largest absolute Gasteiger partial charge is 0.491 e. The van der Waals surface area contributed by atoms with Gasteiger partial charge in [0.2, 0.25) is 0 Å². The standard InChI is InChI=1S/C11H11NO4/c12-6-5-9(13)7-16-10-3-1-8(2-4-10)11(14)15/h1-4,9,13H,5,7H2,(H,14,15)/t9-/m1/s1. The summed E-state index contributed by atoms with van der Waals surface area (Å²) < 4.78 is 5.16. The Bertz CT molecular complexity index is 393. The van der Waals surface area contributed by atoms with Crippen LogP contribution < -0.4 is 4.74 Å². The number of rotatable bonds is 5. The fourth-order valence-electron chi connectivity index (χ4n) is 1.05. The molecule has 0 unspecified atom stereocenters. The number of aliphatic hydroxyl groups is 1. The maximum absolute atomic E-state index is 10.5. The predicted octanol–water partition coefficient (Wildman–Crippen LogP) is 1.04. The lowest BCUT2D eigenvalue weighted by Crippen LogP contribution is -2.16. The molecule has 84 valence electrons. The highest BCUT2D eigenvalue weighted by Crippen LogP contribution is 2.12. The highest BCUT2D eigenvalue weighted by Gasteiger charge is 2.05. The van der Waals surface area contributed by atoms with E-state index in [0.29, 0.717) is 5.75 Å². The van der Waals surface area contributed by atoms with Crippen molar-refractivity contribution in [3.8, 4) is 11.8 Å². The van der Waals surface area contributed by atoms with Crippen molar-refractivity contribution >= 4 is 5.97 Å². The highest BCUT2D eigenvalue weighted by atomic mass is 16.5. The monoisotopic (exact) mass is 221 g/mol. The molecule has 5 heteroatoms. The Hall–Kier alpha value is -2.06. The Labute approximate surface area is 92.5 Å². The number of ether oxygens (including phenoxy) is 1. The average Bonchev–Trinajstić information content (AvgIpc) is 2.27. The summed E-state index contributed by atoms with van der Waals surface area (Å²) in [4.78, 5) is 10.5. The smallest absolute Gasteiger partial charge is 0.335 e. The van der Waals surface area contributed by atoms with E-state index in [1.165, 1.54) is 24.3 Å². The maximum Gasteiger partial charge on any atom is 0.335 e. The quantitative estimate of drug-likeness (QED) is 0.775. The second kappa shape index (κ2) is 5.73. The van der Waals surface area contributed by atoms with Gasteiger partial charge in [0, 0.05) is 0 Å². The van der Waals surface area contributed by atoms with E-state index in [2.05, 4.69) is 0 Å². The molecule has 0 radical (unpaired) electrons. The minimum absolute atomic E-state index is 0.00715. The predicted molar refractivity (Wildman–Crippen MR) is 55.1 cm³/mol. The van der Waals surface area contributed by atoms with Crippen molar-refractivity contribution < 1.29 is 19.7 Å². The van der Waals surface area contributed by atoms with Crippen molar-refractivity contribution in [2.24, 2.45) is 0 Å². The van der Waals surface area contributed by atoms with Gasteiger partial charge in [-0.25, -0.2) is 4.79 Å². The van der Waals surface area contributed by atoms with Gasteiger partial charge < -0.3 is 14.9 Å². The number of nitrogens with zero attached hydrogens (tertiary/aromatic N) is 1. The number of benzene rings is 1. The Balaban J connectivity index is 2.50. The van der Waals surface area contributed by atoms with Crippen LogP contribution in [0.3, 0.4) is 0 Å². The molecule has 0 spiro atoms. The Kier molecular flexibility index (Phi) is 4.30. The minimum atomic E-state index is -1.00. The van der Waals surface area contributed by atoms with Crippen LogP contribution in [0.5, 0.6) is 5.75 Å². The van der Waals surface area contributed by atoms with Crippen LogP contribution in [0.1, 0.15) is 16.8 Å². The minimum Gasteiger partial charge on any atom is -0.491 e. The van der Waals surface area contributed by atoms with Gasteiger partial charge in [0.1, 0.15) is 18.5 Å². The topological polar surface area (TPSA) is 90.5 Å². The zero-order valence-corrected chi connectivity index (χ0v) is 8.46. The van der Waals surface area contributed by atoms with E-state index in [1.807, 2.05) is 6.07 Å². The molecule has 0 saturated carbocycles. The summed E-state index contributed by atoms with van der Waals surface area (Å²) in [5, 5.41) is 26.2. The zero-order valence-electron chi connectivity index (χ0n) is 8.46. The molecule has 0 fully saturated rings. The fraction of sp³-hybridized carbons (Fsp3) is 0.273. The van der Waals surface area contributed by atoms with Crippen molar-refractivity contribution in [2.45, 2.75) is 12.5 Å². The third-order valence-electron chi connectivity index (χ3n) is 1.87. The second-order valence-electron chi connectivity index (χ2n) is 3.16. The maximum atomic E-state index is 10.5. The first-order chi connectivity index (χ1) is 7.63. The molecular weight excluding hydrogens is 210 g/mol. The Morgan fingerprint density at radius 1 is 1.44 bits per heavy atom. The number of aliphatic hydroxyl groups excluding tert-OH is 1. The molecular formula is C11H11NO4. The van der Waals surface area contributed by atoms with Crippen LogP contribution in [-0.4, -0.2) is 28.9 Å². The van der Waals surface area contributed by atoms with Gasteiger partial charge in [-0.2, -0.15) is 5.26 Å².